The van der Waals surface area contributed by atoms with Crippen LogP contribution in [0, 0.1) is 0 Å². The van der Waals surface area contributed by atoms with Crippen molar-refractivity contribution in [2.24, 2.45) is 0 Å². The Balaban J connectivity index is 1.33. The third-order valence-electron chi connectivity index (χ3n) is 7.01. The number of H-pyrrole nitrogens is 1. The average molecular weight is 542 g/mol. The van der Waals surface area contributed by atoms with Crippen molar-refractivity contribution in [2.75, 3.05) is 35.5 Å². The lowest BCUT2D eigenvalue weighted by molar-refractivity contribution is 0.0983. The molecular weight excluding hydrogens is 518 g/mol. The second kappa shape index (κ2) is 9.52. The van der Waals surface area contributed by atoms with Crippen molar-refractivity contribution in [3.63, 3.8) is 0 Å². The van der Waals surface area contributed by atoms with E-state index in [0.29, 0.717) is 62.9 Å². The molecule has 5 aromatic rings. The number of nitrogens with one attached hydrogen (secondary N) is 2. The number of pyridine rings is 1. The number of hydrogen-bond donors (Lipinski definition) is 4. The third-order valence-corrected chi connectivity index (χ3v) is 7.38. The topological polar surface area (TPSA) is 134 Å². The molecule has 0 radical (unpaired) electrons. The summed E-state index contributed by atoms with van der Waals surface area (Å²) in [6.07, 6.45) is 1.52. The summed E-state index contributed by atoms with van der Waals surface area (Å²) in [5.41, 5.74) is 9.49. The number of phenols is 1. The van der Waals surface area contributed by atoms with Crippen LogP contribution in [-0.2, 0) is 0 Å². The standard InChI is InChI=1S/C29H24ClN5O4/c1-39-24-4-2-3-20-23(36)11-22-25(26(20)24)17(12-30)14-35(22)29(38)21-10-16-9-19(13-32-27(16)34-21)33-28(37)15-5-7-18(31)8-6-15/h2-11,13,17,36H,12,14,31H2,1H3,(H,32,34)(H,33,37). The quantitative estimate of drug-likeness (QED) is 0.177. The number of nitrogens with two attached hydrogens (primary N) is 1. The zero-order valence-corrected chi connectivity index (χ0v) is 21.6. The van der Waals surface area contributed by atoms with Crippen molar-refractivity contribution in [1.82, 2.24) is 9.97 Å². The van der Waals surface area contributed by atoms with E-state index < -0.39 is 0 Å². The van der Waals surface area contributed by atoms with Crippen LogP contribution in [0.2, 0.25) is 0 Å². The first-order chi connectivity index (χ1) is 18.9. The van der Waals surface area contributed by atoms with E-state index in [1.165, 1.54) is 6.20 Å². The lowest BCUT2D eigenvalue weighted by atomic mass is 9.94. The fourth-order valence-corrected chi connectivity index (χ4v) is 5.40. The van der Waals surface area contributed by atoms with Crippen LogP contribution in [0.15, 0.2) is 66.9 Å². The molecule has 1 aliphatic rings. The number of aromatic amines is 1. The minimum atomic E-state index is -0.300. The van der Waals surface area contributed by atoms with Crippen LogP contribution >= 0.6 is 11.6 Å². The molecule has 9 nitrogen and oxygen atoms in total. The summed E-state index contributed by atoms with van der Waals surface area (Å²) in [5.74, 6) is 0.208. The number of carbonyl (C=O) groups excluding carboxylic acids is 2. The summed E-state index contributed by atoms with van der Waals surface area (Å²) in [7, 11) is 1.57. The van der Waals surface area contributed by atoms with E-state index in [2.05, 4.69) is 15.3 Å². The summed E-state index contributed by atoms with van der Waals surface area (Å²) in [6.45, 7) is 0.347. The molecule has 3 aromatic carbocycles. The molecule has 0 spiro atoms. The number of hydrogen-bond acceptors (Lipinski definition) is 6. The largest absolute Gasteiger partial charge is 0.507 e. The van der Waals surface area contributed by atoms with Gasteiger partial charge in [-0.05, 0) is 48.0 Å². The fraction of sp³-hybridized carbons (Fsp3) is 0.138. The second-order valence-corrected chi connectivity index (χ2v) is 9.71. The molecule has 6 rings (SSSR count). The van der Waals surface area contributed by atoms with Gasteiger partial charge in [0.2, 0.25) is 0 Å². The number of carbonyl (C=O) groups is 2. The molecule has 3 heterocycles. The van der Waals surface area contributed by atoms with Crippen LogP contribution in [0.4, 0.5) is 17.1 Å². The number of rotatable bonds is 5. The Kier molecular flexibility index (Phi) is 6.00. The average Bonchev–Trinajstić information content (AvgIpc) is 3.54. The predicted octanol–water partition coefficient (Wildman–Crippen LogP) is 5.25. The number of alkyl halides is 1. The predicted molar refractivity (Wildman–Crippen MR) is 152 cm³/mol. The molecule has 0 saturated heterocycles. The summed E-state index contributed by atoms with van der Waals surface area (Å²) in [4.78, 5) is 35.4. The maximum absolute atomic E-state index is 13.7. The van der Waals surface area contributed by atoms with Gasteiger partial charge in [0.1, 0.15) is 22.8 Å². The lowest BCUT2D eigenvalue weighted by Gasteiger charge is -2.18. The number of nitrogen functional groups attached to an aromatic ring is 1. The molecule has 0 aliphatic carbocycles. The van der Waals surface area contributed by atoms with Crippen LogP contribution in [0.3, 0.4) is 0 Å². The summed E-state index contributed by atoms with van der Waals surface area (Å²) >= 11 is 6.36. The molecule has 39 heavy (non-hydrogen) atoms. The number of aromatic hydroxyl groups is 1. The van der Waals surface area contributed by atoms with Gasteiger partial charge in [-0.25, -0.2) is 4.98 Å². The zero-order chi connectivity index (χ0) is 27.3. The van der Waals surface area contributed by atoms with E-state index in [0.717, 1.165) is 10.9 Å². The maximum Gasteiger partial charge on any atom is 0.274 e. The smallest absolute Gasteiger partial charge is 0.274 e. The van der Waals surface area contributed by atoms with Crippen LogP contribution in [0.1, 0.15) is 32.3 Å². The van der Waals surface area contributed by atoms with Gasteiger partial charge in [-0.2, -0.15) is 0 Å². The zero-order valence-electron chi connectivity index (χ0n) is 20.9. The van der Waals surface area contributed by atoms with E-state index in [9.17, 15) is 14.7 Å². The molecule has 196 valence electrons. The Bertz CT molecular complexity index is 1770. The van der Waals surface area contributed by atoms with Gasteiger partial charge in [0.15, 0.2) is 0 Å². The van der Waals surface area contributed by atoms with Crippen molar-refractivity contribution >= 4 is 62.3 Å². The van der Waals surface area contributed by atoms with E-state index in [4.69, 9.17) is 22.1 Å². The van der Waals surface area contributed by atoms with Gasteiger partial charge >= 0.3 is 0 Å². The number of halogens is 1. The Labute approximate surface area is 228 Å². The van der Waals surface area contributed by atoms with Gasteiger partial charge in [0.05, 0.1) is 24.7 Å². The molecule has 1 aliphatic heterocycles. The van der Waals surface area contributed by atoms with Crippen LogP contribution in [-0.4, -0.2) is 46.4 Å². The molecule has 0 bridgehead atoms. The van der Waals surface area contributed by atoms with Crippen molar-refractivity contribution in [3.8, 4) is 11.5 Å². The van der Waals surface area contributed by atoms with Gasteiger partial charge < -0.3 is 30.8 Å². The highest BCUT2D eigenvalue weighted by atomic mass is 35.5. The molecule has 0 saturated carbocycles. The number of fused-ring (bicyclic) bond motifs is 4. The minimum absolute atomic E-state index is 0.0514. The minimum Gasteiger partial charge on any atom is -0.507 e. The molecule has 0 fully saturated rings. The molecule has 5 N–H and O–H groups in total. The molecule has 10 heteroatoms. The van der Waals surface area contributed by atoms with Crippen molar-refractivity contribution in [3.05, 3.63) is 83.7 Å². The number of aromatic nitrogens is 2. The second-order valence-electron chi connectivity index (χ2n) is 9.40. The summed E-state index contributed by atoms with van der Waals surface area (Å²) in [6, 6.07) is 17.1. The number of benzene rings is 3. The van der Waals surface area contributed by atoms with Gasteiger partial charge in [0, 0.05) is 51.8 Å². The summed E-state index contributed by atoms with van der Waals surface area (Å²) < 4.78 is 5.59. The van der Waals surface area contributed by atoms with Gasteiger partial charge in [0.25, 0.3) is 11.8 Å². The van der Waals surface area contributed by atoms with Crippen molar-refractivity contribution in [1.29, 1.82) is 0 Å². The monoisotopic (exact) mass is 541 g/mol. The number of amides is 2. The fourth-order valence-electron chi connectivity index (χ4n) is 5.15. The van der Waals surface area contributed by atoms with Crippen LogP contribution in [0.5, 0.6) is 11.5 Å². The first-order valence-corrected chi connectivity index (χ1v) is 12.8. The highest BCUT2D eigenvalue weighted by Crippen LogP contribution is 2.48. The SMILES string of the molecule is COc1cccc2c(O)cc3c(c12)C(CCl)CN3C(=O)c1cc2cc(NC(=O)c3ccc(N)cc3)cnc2[nH]1. The van der Waals surface area contributed by atoms with E-state index in [1.807, 2.05) is 18.2 Å². The number of anilines is 3. The molecule has 1 unspecified atom stereocenters. The molecule has 2 aromatic heterocycles. The summed E-state index contributed by atoms with van der Waals surface area (Å²) in [5, 5.41) is 15.7. The number of phenolic OH excluding ortho intramolecular Hbond substituents is 1. The first kappa shape index (κ1) is 24.6. The lowest BCUT2D eigenvalue weighted by Crippen LogP contribution is -2.30. The Hall–Kier alpha value is -4.76. The first-order valence-electron chi connectivity index (χ1n) is 12.2. The molecule has 1 atom stereocenters. The van der Waals surface area contributed by atoms with Gasteiger partial charge in [-0.15, -0.1) is 11.6 Å². The third kappa shape index (κ3) is 4.17. The Morgan fingerprint density at radius 3 is 2.74 bits per heavy atom. The maximum atomic E-state index is 13.7. The Morgan fingerprint density at radius 2 is 2.00 bits per heavy atom. The van der Waals surface area contributed by atoms with Crippen molar-refractivity contribution < 1.29 is 19.4 Å². The highest BCUT2D eigenvalue weighted by Gasteiger charge is 2.36. The van der Waals surface area contributed by atoms with E-state index in [1.54, 1.807) is 54.5 Å². The van der Waals surface area contributed by atoms with Crippen molar-refractivity contribution in [2.45, 2.75) is 5.92 Å². The number of ether oxygens (including phenoxy) is 1. The highest BCUT2D eigenvalue weighted by molar-refractivity contribution is 6.19. The number of nitrogens with zero attached hydrogens (tertiary/aromatic N) is 2. The molecule has 2 amide bonds. The normalized spacial score (nSPS) is 14.5. The van der Waals surface area contributed by atoms with E-state index >= 15 is 0 Å². The van der Waals surface area contributed by atoms with Gasteiger partial charge in [-0.3, -0.25) is 9.59 Å². The van der Waals surface area contributed by atoms with E-state index in [-0.39, 0.29) is 23.5 Å². The van der Waals surface area contributed by atoms with Crippen LogP contribution < -0.4 is 20.7 Å². The molecular formula is C29H24ClN5O4. The van der Waals surface area contributed by atoms with Gasteiger partial charge in [-0.1, -0.05) is 12.1 Å². The number of methoxy groups -OCH3 is 1. The Morgan fingerprint density at radius 1 is 1.21 bits per heavy atom. The van der Waals surface area contributed by atoms with Crippen LogP contribution in [0.25, 0.3) is 21.8 Å².